The molecule has 9 heteroatoms. The maximum Gasteiger partial charge on any atom is 0.512 e. The van der Waals surface area contributed by atoms with Crippen LogP contribution < -0.4 is 4.74 Å². The third-order valence-electron chi connectivity index (χ3n) is 2.29. The van der Waals surface area contributed by atoms with Crippen molar-refractivity contribution in [3.05, 3.63) is 62.2 Å². The van der Waals surface area contributed by atoms with Gasteiger partial charge >= 0.3 is 17.9 Å². The summed E-state index contributed by atoms with van der Waals surface area (Å²) in [5.41, 5.74) is -0.223. The molecule has 0 amide bonds. The Morgan fingerprint density at radius 2 is 1.67 bits per heavy atom. The number of allylic oxidation sites excluding steroid dienone is 1. The zero-order valence-electron chi connectivity index (χ0n) is 10.8. The van der Waals surface area contributed by atoms with E-state index in [4.69, 9.17) is 4.74 Å². The van der Waals surface area contributed by atoms with E-state index in [2.05, 4.69) is 0 Å². The van der Waals surface area contributed by atoms with Crippen LogP contribution >= 0.6 is 0 Å². The van der Waals surface area contributed by atoms with Crippen molar-refractivity contribution in [3.63, 3.8) is 0 Å². The summed E-state index contributed by atoms with van der Waals surface area (Å²) in [5.74, 6) is -1.78. The normalized spacial score (nSPS) is 10.6. The van der Waals surface area contributed by atoms with Crippen LogP contribution in [0.4, 0.5) is 0 Å². The molecule has 0 aliphatic heterocycles. The molecule has 0 spiro atoms. The first-order valence-corrected chi connectivity index (χ1v) is 5.62. The number of Topliss-reactive ketones (excluding diaryl/α,β-unsaturated/α-hetero) is 1. The lowest BCUT2D eigenvalue weighted by molar-refractivity contribution is -0.721. The molecule has 1 rings (SSSR count). The maximum atomic E-state index is 11.7. The second kappa shape index (κ2) is 6.89. The molecule has 9 nitrogen and oxygen atoms in total. The molecular weight excluding hydrogens is 284 g/mol. The molecule has 0 atom stereocenters. The van der Waals surface area contributed by atoms with Crippen LogP contribution in [0.15, 0.2) is 36.4 Å². The second-order valence-electron chi connectivity index (χ2n) is 3.75. The van der Waals surface area contributed by atoms with E-state index >= 15 is 0 Å². The third kappa shape index (κ3) is 4.20. The number of nitro groups is 2. The van der Waals surface area contributed by atoms with Gasteiger partial charge in [-0.25, -0.2) is 4.79 Å². The topological polar surface area (TPSA) is 130 Å². The fraction of sp³-hybridized carbons (Fsp3) is 0.167. The van der Waals surface area contributed by atoms with Gasteiger partial charge in [-0.3, -0.25) is 25.0 Å². The van der Waals surface area contributed by atoms with Gasteiger partial charge in [0.25, 0.3) is 0 Å². The van der Waals surface area contributed by atoms with Crippen LogP contribution in [0.2, 0.25) is 0 Å². The Hall–Kier alpha value is -3.10. The SMILES string of the molecule is C/C=C/C(=O)Oc1ccc(C(=O)C([N+](=O)[O-])[N+](=O)[O-])cc1. The van der Waals surface area contributed by atoms with Gasteiger partial charge in [-0.05, 0) is 31.2 Å². The highest BCUT2D eigenvalue weighted by Gasteiger charge is 2.42. The number of hydrogen-bond acceptors (Lipinski definition) is 7. The Kier molecular flexibility index (Phi) is 5.24. The molecule has 0 radical (unpaired) electrons. The molecule has 0 unspecified atom stereocenters. The van der Waals surface area contributed by atoms with Crippen molar-refractivity contribution in [3.8, 4) is 5.75 Å². The summed E-state index contributed by atoms with van der Waals surface area (Å²) in [5, 5.41) is 21.0. The van der Waals surface area contributed by atoms with E-state index < -0.39 is 27.8 Å². The van der Waals surface area contributed by atoms with Gasteiger partial charge < -0.3 is 4.74 Å². The largest absolute Gasteiger partial charge is 0.512 e. The van der Waals surface area contributed by atoms with Crippen LogP contribution in [-0.2, 0) is 4.79 Å². The summed E-state index contributed by atoms with van der Waals surface area (Å²) in [6, 6.07) is 4.65. The van der Waals surface area contributed by atoms with Crippen LogP contribution in [0.5, 0.6) is 5.75 Å². The van der Waals surface area contributed by atoms with Crippen LogP contribution in [0, 0.1) is 20.2 Å². The van der Waals surface area contributed by atoms with Gasteiger partial charge in [-0.2, -0.15) is 0 Å². The maximum absolute atomic E-state index is 11.7. The Morgan fingerprint density at radius 3 is 2.10 bits per heavy atom. The number of esters is 1. The molecule has 21 heavy (non-hydrogen) atoms. The molecule has 0 aliphatic rings. The average Bonchev–Trinajstić information content (AvgIpc) is 2.38. The Bertz CT molecular complexity index is 593. The minimum atomic E-state index is -2.55. The second-order valence-corrected chi connectivity index (χ2v) is 3.75. The highest BCUT2D eigenvalue weighted by Crippen LogP contribution is 2.15. The zero-order chi connectivity index (χ0) is 16.0. The van der Waals surface area contributed by atoms with E-state index in [0.29, 0.717) is 0 Å². The molecule has 0 bridgehead atoms. The van der Waals surface area contributed by atoms with Crippen molar-refractivity contribution < 1.29 is 24.2 Å². The fourth-order valence-corrected chi connectivity index (χ4v) is 1.39. The number of hydrogen-bond donors (Lipinski definition) is 0. The lowest BCUT2D eigenvalue weighted by Crippen LogP contribution is -2.37. The number of ketones is 1. The summed E-state index contributed by atoms with van der Waals surface area (Å²) in [4.78, 5) is 41.3. The van der Waals surface area contributed by atoms with Gasteiger partial charge in [-0.15, -0.1) is 0 Å². The summed E-state index contributed by atoms with van der Waals surface area (Å²) in [6.07, 6.45) is 0.0922. The van der Waals surface area contributed by atoms with Crippen LogP contribution in [0.3, 0.4) is 0 Å². The molecule has 110 valence electrons. The average molecular weight is 294 g/mol. The molecule has 0 heterocycles. The Labute approximate surface area is 118 Å². The summed E-state index contributed by atoms with van der Waals surface area (Å²) < 4.78 is 4.84. The van der Waals surface area contributed by atoms with Gasteiger partial charge in [0.05, 0.1) is 0 Å². The van der Waals surface area contributed by atoms with Crippen LogP contribution in [0.25, 0.3) is 0 Å². The Morgan fingerprint density at radius 1 is 1.14 bits per heavy atom. The zero-order valence-corrected chi connectivity index (χ0v) is 10.8. The Balaban J connectivity index is 2.91. The van der Waals surface area contributed by atoms with Crippen molar-refractivity contribution in [2.75, 3.05) is 0 Å². The molecule has 0 aliphatic carbocycles. The van der Waals surface area contributed by atoms with E-state index in [-0.39, 0.29) is 11.3 Å². The van der Waals surface area contributed by atoms with Crippen molar-refractivity contribution in [2.45, 2.75) is 13.1 Å². The molecular formula is C12H10N2O7. The predicted molar refractivity (Wildman–Crippen MR) is 69.0 cm³/mol. The van der Waals surface area contributed by atoms with E-state index in [0.717, 1.165) is 12.1 Å². The number of benzene rings is 1. The number of carbonyl (C=O) groups excluding carboxylic acids is 2. The summed E-state index contributed by atoms with van der Waals surface area (Å²) in [6.45, 7) is 1.62. The number of ether oxygens (including phenoxy) is 1. The van der Waals surface area contributed by atoms with Gasteiger partial charge in [0.1, 0.15) is 15.6 Å². The summed E-state index contributed by atoms with van der Waals surface area (Å²) >= 11 is 0. The lowest BCUT2D eigenvalue weighted by Gasteiger charge is -2.03. The van der Waals surface area contributed by atoms with Crippen molar-refractivity contribution in [2.24, 2.45) is 0 Å². The van der Waals surface area contributed by atoms with E-state index in [1.165, 1.54) is 24.3 Å². The minimum Gasteiger partial charge on any atom is -0.423 e. The third-order valence-corrected chi connectivity index (χ3v) is 2.29. The molecule has 1 aromatic rings. The first-order chi connectivity index (χ1) is 9.86. The number of carbonyl (C=O) groups is 2. The molecule has 0 saturated heterocycles. The van der Waals surface area contributed by atoms with Crippen molar-refractivity contribution in [1.29, 1.82) is 0 Å². The molecule has 0 fully saturated rings. The smallest absolute Gasteiger partial charge is 0.423 e. The fourth-order valence-electron chi connectivity index (χ4n) is 1.39. The van der Waals surface area contributed by atoms with Gasteiger partial charge in [0.15, 0.2) is 0 Å². The monoisotopic (exact) mass is 294 g/mol. The first kappa shape index (κ1) is 16.0. The highest BCUT2D eigenvalue weighted by molar-refractivity contribution is 5.98. The van der Waals surface area contributed by atoms with Gasteiger partial charge in [0, 0.05) is 11.6 Å². The lowest BCUT2D eigenvalue weighted by atomic mass is 10.1. The van der Waals surface area contributed by atoms with Gasteiger partial charge in [0.2, 0.25) is 0 Å². The number of rotatable bonds is 6. The molecule has 0 aromatic heterocycles. The number of nitrogens with zero attached hydrogens (tertiary/aromatic N) is 2. The van der Waals surface area contributed by atoms with Crippen molar-refractivity contribution >= 4 is 11.8 Å². The highest BCUT2D eigenvalue weighted by atomic mass is 16.7. The van der Waals surface area contributed by atoms with E-state index in [9.17, 15) is 29.8 Å². The minimum absolute atomic E-state index is 0.105. The quantitative estimate of drug-likeness (QED) is 0.147. The summed E-state index contributed by atoms with van der Waals surface area (Å²) in [7, 11) is 0. The standard InChI is InChI=1S/C12H10N2O7/c1-2-3-10(15)21-9-6-4-8(5-7-9)11(16)12(13(17)18)14(19)20/h2-7,12H,1H3/b3-2+. The predicted octanol–water partition coefficient (Wildman–Crippen LogP) is 1.23. The van der Waals surface area contributed by atoms with E-state index in [1.54, 1.807) is 6.92 Å². The molecule has 0 saturated carbocycles. The van der Waals surface area contributed by atoms with E-state index in [1.807, 2.05) is 0 Å². The van der Waals surface area contributed by atoms with Crippen molar-refractivity contribution in [1.82, 2.24) is 0 Å². The molecule has 1 aromatic carbocycles. The van der Waals surface area contributed by atoms with Crippen LogP contribution in [0.1, 0.15) is 17.3 Å². The van der Waals surface area contributed by atoms with Gasteiger partial charge in [-0.1, -0.05) is 6.08 Å². The van der Waals surface area contributed by atoms with Crippen LogP contribution in [-0.4, -0.2) is 27.8 Å². The first-order valence-electron chi connectivity index (χ1n) is 5.62. The molecule has 0 N–H and O–H groups in total.